The highest BCUT2D eigenvalue weighted by Gasteiger charge is 2.14. The minimum atomic E-state index is -0.579. The van der Waals surface area contributed by atoms with E-state index >= 15 is 0 Å². The number of para-hydroxylation sites is 2. The summed E-state index contributed by atoms with van der Waals surface area (Å²) in [6.45, 7) is -0.393. The number of hydrogen-bond donors (Lipinski definition) is 2. The van der Waals surface area contributed by atoms with E-state index in [1.54, 1.807) is 6.07 Å². The first-order valence-electron chi connectivity index (χ1n) is 4.87. The van der Waals surface area contributed by atoms with Gasteiger partial charge in [-0.15, -0.1) is 0 Å². The van der Waals surface area contributed by atoms with Crippen LogP contribution in [-0.4, -0.2) is 35.8 Å². The van der Waals surface area contributed by atoms with Crippen LogP contribution < -0.4 is 5.32 Å². The van der Waals surface area contributed by atoms with Crippen LogP contribution in [-0.2, 0) is 9.53 Å². The van der Waals surface area contributed by atoms with E-state index in [2.05, 4.69) is 5.32 Å². The monoisotopic (exact) mass is 240 g/mol. The van der Waals surface area contributed by atoms with Gasteiger partial charge < -0.3 is 15.2 Å². The quantitative estimate of drug-likeness (QED) is 0.429. The number of carbonyl (C=O) groups is 1. The van der Waals surface area contributed by atoms with Crippen LogP contribution >= 0.6 is 0 Å². The average molecular weight is 240 g/mol. The van der Waals surface area contributed by atoms with Crippen molar-refractivity contribution in [3.05, 3.63) is 34.4 Å². The molecule has 92 valence electrons. The normalized spacial score (nSPS) is 9.94. The summed E-state index contributed by atoms with van der Waals surface area (Å²) in [5.41, 5.74) is -0.0573. The minimum absolute atomic E-state index is 0.0459. The fourth-order valence-corrected chi connectivity index (χ4v) is 1.15. The molecule has 0 saturated carbocycles. The van der Waals surface area contributed by atoms with E-state index in [-0.39, 0.29) is 31.2 Å². The van der Waals surface area contributed by atoms with E-state index < -0.39 is 10.8 Å². The number of nitro groups is 1. The Kier molecular flexibility index (Phi) is 5.05. The highest BCUT2D eigenvalue weighted by Crippen LogP contribution is 2.22. The van der Waals surface area contributed by atoms with Crippen molar-refractivity contribution in [1.29, 1.82) is 0 Å². The highest BCUT2D eigenvalue weighted by atomic mass is 16.6. The number of nitro benzene ring substituents is 1. The molecule has 0 radical (unpaired) electrons. The zero-order chi connectivity index (χ0) is 12.7. The van der Waals surface area contributed by atoms with Crippen molar-refractivity contribution in [2.45, 2.75) is 0 Å². The molecule has 1 amide bonds. The average Bonchev–Trinajstić information content (AvgIpc) is 2.29. The van der Waals surface area contributed by atoms with Crippen molar-refractivity contribution >= 4 is 17.3 Å². The Morgan fingerprint density at radius 3 is 2.82 bits per heavy atom. The standard InChI is InChI=1S/C10H12N2O5/c13-5-6-17-7-10(14)11-8-3-1-2-4-9(8)12(15)16/h1-4,13H,5-7H2,(H,11,14). The van der Waals surface area contributed by atoms with Crippen molar-refractivity contribution in [3.63, 3.8) is 0 Å². The Balaban J connectivity index is 2.61. The number of aliphatic hydroxyl groups is 1. The molecule has 0 unspecified atom stereocenters. The maximum Gasteiger partial charge on any atom is 0.292 e. The Hall–Kier alpha value is -1.99. The third kappa shape index (κ3) is 4.17. The summed E-state index contributed by atoms with van der Waals surface area (Å²) in [7, 11) is 0. The molecule has 1 rings (SSSR count). The van der Waals surface area contributed by atoms with Gasteiger partial charge in [0.2, 0.25) is 0 Å². The summed E-state index contributed by atoms with van der Waals surface area (Å²) < 4.78 is 4.79. The second kappa shape index (κ2) is 6.56. The first kappa shape index (κ1) is 13.1. The number of nitrogens with zero attached hydrogens (tertiary/aromatic N) is 1. The van der Waals surface area contributed by atoms with Gasteiger partial charge in [-0.1, -0.05) is 12.1 Å². The van der Waals surface area contributed by atoms with Crippen molar-refractivity contribution in [2.75, 3.05) is 25.1 Å². The predicted molar refractivity (Wildman–Crippen MR) is 59.6 cm³/mol. The van der Waals surface area contributed by atoms with Crippen LogP contribution in [0.4, 0.5) is 11.4 Å². The van der Waals surface area contributed by atoms with Gasteiger partial charge in [-0.2, -0.15) is 0 Å². The van der Waals surface area contributed by atoms with Crippen molar-refractivity contribution in [1.82, 2.24) is 0 Å². The number of carbonyl (C=O) groups excluding carboxylic acids is 1. The third-order valence-electron chi connectivity index (χ3n) is 1.84. The van der Waals surface area contributed by atoms with Gasteiger partial charge in [-0.3, -0.25) is 14.9 Å². The Morgan fingerprint density at radius 1 is 1.47 bits per heavy atom. The van der Waals surface area contributed by atoms with Crippen molar-refractivity contribution < 1.29 is 19.6 Å². The summed E-state index contributed by atoms with van der Waals surface area (Å²) in [6, 6.07) is 5.82. The first-order valence-corrected chi connectivity index (χ1v) is 4.87. The lowest BCUT2D eigenvalue weighted by Gasteiger charge is -2.05. The van der Waals surface area contributed by atoms with E-state index in [4.69, 9.17) is 9.84 Å². The first-order chi connectivity index (χ1) is 8.15. The fourth-order valence-electron chi connectivity index (χ4n) is 1.15. The molecule has 7 heteroatoms. The molecule has 0 aliphatic rings. The van der Waals surface area contributed by atoms with Gasteiger partial charge in [0, 0.05) is 6.07 Å². The molecule has 0 aliphatic heterocycles. The summed E-state index contributed by atoms with van der Waals surface area (Å²) in [5.74, 6) is -0.507. The molecular weight excluding hydrogens is 228 g/mol. The maximum absolute atomic E-state index is 11.3. The minimum Gasteiger partial charge on any atom is -0.394 e. The third-order valence-corrected chi connectivity index (χ3v) is 1.84. The van der Waals surface area contributed by atoms with E-state index in [1.165, 1.54) is 18.2 Å². The topological polar surface area (TPSA) is 102 Å². The summed E-state index contributed by atoms with van der Waals surface area (Å²) >= 11 is 0. The van der Waals surface area contributed by atoms with Crippen LogP contribution in [0.1, 0.15) is 0 Å². The Labute approximate surface area is 97.2 Å². The number of hydrogen-bond acceptors (Lipinski definition) is 5. The SMILES string of the molecule is O=C(COCCO)Nc1ccccc1[N+](=O)[O-]. The Bertz CT molecular complexity index is 407. The molecule has 17 heavy (non-hydrogen) atoms. The zero-order valence-corrected chi connectivity index (χ0v) is 8.96. The molecule has 7 nitrogen and oxygen atoms in total. The number of aliphatic hydroxyl groups excluding tert-OH is 1. The molecule has 0 bridgehead atoms. The molecule has 1 aromatic carbocycles. The second-order valence-electron chi connectivity index (χ2n) is 3.10. The number of anilines is 1. The van der Waals surface area contributed by atoms with Crippen LogP contribution in [0, 0.1) is 10.1 Å². The van der Waals surface area contributed by atoms with Gasteiger partial charge in [0.25, 0.3) is 11.6 Å². The van der Waals surface area contributed by atoms with Crippen LogP contribution in [0.5, 0.6) is 0 Å². The number of nitrogens with one attached hydrogen (secondary N) is 1. The van der Waals surface area contributed by atoms with Crippen LogP contribution in [0.15, 0.2) is 24.3 Å². The molecule has 0 saturated heterocycles. The molecule has 0 heterocycles. The molecule has 0 fully saturated rings. The molecular formula is C10H12N2O5. The molecule has 1 aromatic rings. The number of amides is 1. The summed E-state index contributed by atoms with van der Waals surface area (Å²) in [5, 5.41) is 21.5. The number of rotatable bonds is 6. The van der Waals surface area contributed by atoms with Gasteiger partial charge in [-0.05, 0) is 6.07 Å². The lowest BCUT2D eigenvalue weighted by molar-refractivity contribution is -0.383. The Morgan fingerprint density at radius 2 is 2.18 bits per heavy atom. The zero-order valence-electron chi connectivity index (χ0n) is 8.96. The lowest BCUT2D eigenvalue weighted by atomic mass is 10.2. The van der Waals surface area contributed by atoms with Gasteiger partial charge in [0.15, 0.2) is 0 Å². The molecule has 2 N–H and O–H groups in total. The van der Waals surface area contributed by atoms with E-state index in [1.807, 2.05) is 0 Å². The highest BCUT2D eigenvalue weighted by molar-refractivity contribution is 5.93. The van der Waals surface area contributed by atoms with Crippen LogP contribution in [0.25, 0.3) is 0 Å². The van der Waals surface area contributed by atoms with Crippen LogP contribution in [0.2, 0.25) is 0 Å². The van der Waals surface area contributed by atoms with Gasteiger partial charge in [0.1, 0.15) is 12.3 Å². The van der Waals surface area contributed by atoms with E-state index in [0.717, 1.165) is 0 Å². The van der Waals surface area contributed by atoms with Gasteiger partial charge in [-0.25, -0.2) is 0 Å². The number of ether oxygens (including phenoxy) is 1. The number of benzene rings is 1. The van der Waals surface area contributed by atoms with Crippen molar-refractivity contribution in [2.24, 2.45) is 0 Å². The van der Waals surface area contributed by atoms with Gasteiger partial charge >= 0.3 is 0 Å². The largest absolute Gasteiger partial charge is 0.394 e. The van der Waals surface area contributed by atoms with E-state index in [0.29, 0.717) is 0 Å². The van der Waals surface area contributed by atoms with Crippen molar-refractivity contribution in [3.8, 4) is 0 Å². The molecule has 0 aliphatic carbocycles. The summed E-state index contributed by atoms with van der Waals surface area (Å²) in [4.78, 5) is 21.4. The lowest BCUT2D eigenvalue weighted by Crippen LogP contribution is -2.19. The second-order valence-corrected chi connectivity index (χ2v) is 3.10. The predicted octanol–water partition coefficient (Wildman–Crippen LogP) is 0.542. The molecule has 0 aromatic heterocycles. The maximum atomic E-state index is 11.3. The van der Waals surface area contributed by atoms with Gasteiger partial charge in [0.05, 0.1) is 18.1 Å². The smallest absolute Gasteiger partial charge is 0.292 e. The van der Waals surface area contributed by atoms with E-state index in [9.17, 15) is 14.9 Å². The van der Waals surface area contributed by atoms with Crippen LogP contribution in [0.3, 0.4) is 0 Å². The molecule has 0 atom stereocenters. The molecule has 0 spiro atoms. The fraction of sp³-hybridized carbons (Fsp3) is 0.300. The summed E-state index contributed by atoms with van der Waals surface area (Å²) in [6.07, 6.45) is 0.